The minimum Gasteiger partial charge on any atom is -0.490 e. The molecule has 1 aliphatic rings. The van der Waals surface area contributed by atoms with Crippen LogP contribution >= 0.6 is 47.1 Å². The number of ether oxygens (including phenoxy) is 2. The number of hydrogen-bond acceptors (Lipinski definition) is 5. The van der Waals surface area contributed by atoms with E-state index in [1.807, 2.05) is 18.2 Å². The topological polar surface area (TPSA) is 54.9 Å². The van der Waals surface area contributed by atoms with Gasteiger partial charge in [-0.2, -0.15) is 11.8 Å². The van der Waals surface area contributed by atoms with E-state index in [2.05, 4.69) is 39.4 Å². The molecule has 3 rings (SSSR count). The number of nitrogens with one attached hydrogen (secondary N) is 2. The second-order valence-corrected chi connectivity index (χ2v) is 7.83. The van der Waals surface area contributed by atoms with Crippen LogP contribution in [0.4, 0.5) is 5.69 Å². The van der Waals surface area contributed by atoms with Gasteiger partial charge in [-0.3, -0.25) is 4.99 Å². The number of aliphatic imine (C=N–C) groups is 1. The summed E-state index contributed by atoms with van der Waals surface area (Å²) in [6, 6.07) is 10.2. The zero-order valence-electron chi connectivity index (χ0n) is 15.4. The molecule has 0 spiro atoms. The number of fused-ring (bicyclic) bond motifs is 1. The Kier molecular flexibility index (Phi) is 10.1. The first-order valence-electron chi connectivity index (χ1n) is 8.81. The highest BCUT2D eigenvalue weighted by Crippen LogP contribution is 2.32. The zero-order valence-corrected chi connectivity index (χ0v) is 19.4. The average Bonchev–Trinajstić information content (AvgIpc) is 3.05. The Bertz CT molecular complexity index is 711. The molecule has 5 nitrogen and oxygen atoms in total. The lowest BCUT2D eigenvalue weighted by Crippen LogP contribution is -2.32. The summed E-state index contributed by atoms with van der Waals surface area (Å²) in [4.78, 5) is 6.03. The predicted molar refractivity (Wildman–Crippen MR) is 128 cm³/mol. The van der Waals surface area contributed by atoms with E-state index in [1.54, 1.807) is 23.1 Å². The molecular formula is C19H26IN3O2S2. The van der Waals surface area contributed by atoms with Crippen molar-refractivity contribution in [2.75, 3.05) is 43.6 Å². The van der Waals surface area contributed by atoms with Crippen molar-refractivity contribution in [1.29, 1.82) is 0 Å². The van der Waals surface area contributed by atoms with Gasteiger partial charge in [-0.15, -0.1) is 35.3 Å². The van der Waals surface area contributed by atoms with E-state index in [4.69, 9.17) is 9.47 Å². The number of anilines is 1. The van der Waals surface area contributed by atoms with Crippen LogP contribution < -0.4 is 20.1 Å². The summed E-state index contributed by atoms with van der Waals surface area (Å²) in [5, 5.41) is 8.92. The molecule has 0 aliphatic carbocycles. The lowest BCUT2D eigenvalue weighted by atomic mass is 10.2. The Balaban J connectivity index is 0.00000261. The van der Waals surface area contributed by atoms with Crippen LogP contribution in [0.25, 0.3) is 0 Å². The Morgan fingerprint density at radius 3 is 2.85 bits per heavy atom. The van der Waals surface area contributed by atoms with Crippen molar-refractivity contribution in [3.05, 3.63) is 40.6 Å². The highest BCUT2D eigenvalue weighted by molar-refractivity contribution is 14.0. The van der Waals surface area contributed by atoms with Crippen LogP contribution in [0.2, 0.25) is 0 Å². The summed E-state index contributed by atoms with van der Waals surface area (Å²) in [6.07, 6.45) is 3.99. The number of halogens is 1. The molecule has 0 radical (unpaired) electrons. The van der Waals surface area contributed by atoms with Crippen molar-refractivity contribution in [1.82, 2.24) is 5.32 Å². The van der Waals surface area contributed by atoms with Gasteiger partial charge in [0.1, 0.15) is 0 Å². The molecule has 0 atom stereocenters. The fourth-order valence-corrected chi connectivity index (χ4v) is 3.51. The normalized spacial score (nSPS) is 13.4. The van der Waals surface area contributed by atoms with Crippen molar-refractivity contribution in [3.63, 3.8) is 0 Å². The van der Waals surface area contributed by atoms with Crippen molar-refractivity contribution >= 4 is 58.7 Å². The summed E-state index contributed by atoms with van der Waals surface area (Å²) >= 11 is 3.58. The summed E-state index contributed by atoms with van der Waals surface area (Å²) in [5.74, 6) is 3.39. The van der Waals surface area contributed by atoms with Gasteiger partial charge in [-0.05, 0) is 36.3 Å². The molecule has 0 unspecified atom stereocenters. The van der Waals surface area contributed by atoms with Crippen molar-refractivity contribution < 1.29 is 9.47 Å². The summed E-state index contributed by atoms with van der Waals surface area (Å²) < 4.78 is 11.5. The fourth-order valence-electron chi connectivity index (χ4n) is 2.53. The maximum Gasteiger partial charge on any atom is 0.195 e. The Labute approximate surface area is 186 Å². The van der Waals surface area contributed by atoms with Gasteiger partial charge >= 0.3 is 0 Å². The molecule has 148 valence electrons. The van der Waals surface area contributed by atoms with E-state index in [1.165, 1.54) is 4.88 Å². The smallest absolute Gasteiger partial charge is 0.195 e. The third-order valence-electron chi connectivity index (χ3n) is 3.82. The fraction of sp³-hybridized carbons (Fsp3) is 0.421. The van der Waals surface area contributed by atoms with Gasteiger partial charge in [0.25, 0.3) is 0 Å². The van der Waals surface area contributed by atoms with Gasteiger partial charge in [0.05, 0.1) is 19.8 Å². The molecule has 2 aromatic rings. The highest BCUT2D eigenvalue weighted by Gasteiger charge is 2.11. The van der Waals surface area contributed by atoms with Crippen molar-refractivity contribution in [2.45, 2.75) is 12.8 Å². The lowest BCUT2D eigenvalue weighted by Gasteiger charge is -2.14. The molecule has 0 bridgehead atoms. The number of guanidine groups is 1. The summed E-state index contributed by atoms with van der Waals surface area (Å²) in [5.41, 5.74) is 0.945. The minimum atomic E-state index is 0. The van der Waals surface area contributed by atoms with Crippen molar-refractivity contribution in [3.8, 4) is 11.5 Å². The lowest BCUT2D eigenvalue weighted by molar-refractivity contribution is 0.297. The zero-order chi connectivity index (χ0) is 18.0. The Morgan fingerprint density at radius 1 is 1.22 bits per heavy atom. The SMILES string of the molecule is CSCCN=C(NCCc1cccs1)Nc1ccc2c(c1)OCCCO2.I. The number of nitrogens with zero attached hydrogens (tertiary/aromatic N) is 1. The van der Waals surface area contributed by atoms with Crippen LogP contribution in [-0.4, -0.2) is 44.3 Å². The monoisotopic (exact) mass is 519 g/mol. The first-order valence-corrected chi connectivity index (χ1v) is 11.1. The van der Waals surface area contributed by atoms with Crippen LogP contribution in [0.3, 0.4) is 0 Å². The van der Waals surface area contributed by atoms with E-state index >= 15 is 0 Å². The summed E-state index contributed by atoms with van der Waals surface area (Å²) in [6.45, 7) is 3.01. The minimum absolute atomic E-state index is 0. The summed E-state index contributed by atoms with van der Waals surface area (Å²) in [7, 11) is 0. The van der Waals surface area contributed by atoms with Crippen LogP contribution in [0.1, 0.15) is 11.3 Å². The van der Waals surface area contributed by atoms with Crippen LogP contribution in [0.5, 0.6) is 11.5 Å². The van der Waals surface area contributed by atoms with E-state index in [9.17, 15) is 0 Å². The molecule has 0 fully saturated rings. The maximum absolute atomic E-state index is 5.77. The third-order valence-corrected chi connectivity index (χ3v) is 5.35. The molecule has 0 saturated heterocycles. The molecule has 1 aromatic heterocycles. The molecule has 0 saturated carbocycles. The predicted octanol–water partition coefficient (Wildman–Crippen LogP) is 4.49. The number of benzene rings is 1. The van der Waals surface area contributed by atoms with E-state index in [0.29, 0.717) is 13.2 Å². The van der Waals surface area contributed by atoms with Gasteiger partial charge in [0.15, 0.2) is 17.5 Å². The van der Waals surface area contributed by atoms with E-state index in [0.717, 1.165) is 54.8 Å². The van der Waals surface area contributed by atoms with Crippen molar-refractivity contribution in [2.24, 2.45) is 4.99 Å². The molecule has 0 amide bonds. The number of hydrogen-bond donors (Lipinski definition) is 2. The first kappa shape index (κ1) is 22.2. The van der Waals surface area contributed by atoms with Gasteiger partial charge < -0.3 is 20.1 Å². The van der Waals surface area contributed by atoms with Gasteiger partial charge in [-0.1, -0.05) is 6.07 Å². The second kappa shape index (κ2) is 12.4. The van der Waals surface area contributed by atoms with Gasteiger partial charge in [-0.25, -0.2) is 0 Å². The molecule has 27 heavy (non-hydrogen) atoms. The third kappa shape index (κ3) is 7.42. The molecular weight excluding hydrogens is 493 g/mol. The van der Waals surface area contributed by atoms with Gasteiger partial charge in [0.2, 0.25) is 0 Å². The number of rotatable bonds is 7. The molecule has 8 heteroatoms. The number of thiophene rings is 1. The average molecular weight is 519 g/mol. The standard InChI is InChI=1S/C19H25N3O2S2.HI/c1-25-13-9-21-19(20-8-7-16-4-2-12-26-16)22-15-5-6-17-18(14-15)24-11-3-10-23-17;/h2,4-6,12,14H,3,7-11,13H2,1H3,(H2,20,21,22);1H. The molecule has 1 aromatic carbocycles. The second-order valence-electron chi connectivity index (χ2n) is 5.82. The van der Waals surface area contributed by atoms with E-state index in [-0.39, 0.29) is 24.0 Å². The molecule has 2 heterocycles. The number of thioether (sulfide) groups is 1. The first-order chi connectivity index (χ1) is 12.8. The maximum atomic E-state index is 5.77. The molecule has 1 aliphatic heterocycles. The van der Waals surface area contributed by atoms with E-state index < -0.39 is 0 Å². The Hall–Kier alpha value is -1.13. The largest absolute Gasteiger partial charge is 0.490 e. The van der Waals surface area contributed by atoms with Gasteiger partial charge in [0, 0.05) is 35.3 Å². The Morgan fingerprint density at radius 2 is 2.07 bits per heavy atom. The highest BCUT2D eigenvalue weighted by atomic mass is 127. The van der Waals surface area contributed by atoms with Crippen LogP contribution in [0.15, 0.2) is 40.7 Å². The quantitative estimate of drug-likeness (QED) is 0.245. The van der Waals surface area contributed by atoms with Crippen LogP contribution in [-0.2, 0) is 6.42 Å². The molecule has 2 N–H and O–H groups in total. The van der Waals surface area contributed by atoms with Crippen LogP contribution in [0, 0.1) is 0 Å².